The zero-order chi connectivity index (χ0) is 27.1. The molecule has 1 unspecified atom stereocenters. The van der Waals surface area contributed by atoms with Crippen molar-refractivity contribution in [2.75, 3.05) is 12.0 Å². The average molecular weight is 530 g/mol. The number of methoxy groups -OCH3 is 1. The van der Waals surface area contributed by atoms with Gasteiger partial charge in [0.25, 0.3) is 6.43 Å². The predicted molar refractivity (Wildman–Crippen MR) is 137 cm³/mol. The maximum absolute atomic E-state index is 13.1. The molecule has 204 valence electrons. The molecule has 38 heavy (non-hydrogen) atoms. The van der Waals surface area contributed by atoms with Crippen molar-refractivity contribution >= 4 is 28.8 Å². The number of benzene rings is 1. The Morgan fingerprint density at radius 1 is 1.18 bits per heavy atom. The van der Waals surface area contributed by atoms with E-state index in [9.17, 15) is 23.5 Å². The number of rotatable bonds is 6. The fourth-order valence-corrected chi connectivity index (χ4v) is 6.06. The molecule has 2 atom stereocenters. The molecule has 2 aliphatic rings. The van der Waals surface area contributed by atoms with Crippen molar-refractivity contribution in [1.82, 2.24) is 19.3 Å². The lowest BCUT2D eigenvalue weighted by Gasteiger charge is -2.34. The van der Waals surface area contributed by atoms with E-state index in [-0.39, 0.29) is 29.5 Å². The third kappa shape index (κ3) is 4.63. The van der Waals surface area contributed by atoms with Gasteiger partial charge < -0.3 is 14.4 Å². The van der Waals surface area contributed by atoms with Crippen LogP contribution >= 0.6 is 0 Å². The summed E-state index contributed by atoms with van der Waals surface area (Å²) in [5.41, 5.74) is 3.41. The number of hydrogen-bond acceptors (Lipinski definition) is 5. The van der Waals surface area contributed by atoms with E-state index in [4.69, 9.17) is 9.72 Å². The summed E-state index contributed by atoms with van der Waals surface area (Å²) >= 11 is 0. The highest BCUT2D eigenvalue weighted by atomic mass is 19.3. The lowest BCUT2D eigenvalue weighted by molar-refractivity contribution is -0.143. The van der Waals surface area contributed by atoms with Gasteiger partial charge in [-0.05, 0) is 57.6 Å². The van der Waals surface area contributed by atoms with Gasteiger partial charge in [0.2, 0.25) is 0 Å². The molecule has 1 amide bonds. The van der Waals surface area contributed by atoms with E-state index in [1.54, 1.807) is 4.90 Å². The first kappa shape index (κ1) is 26.1. The minimum absolute atomic E-state index is 0.0111. The first-order valence-electron chi connectivity index (χ1n) is 13.1. The summed E-state index contributed by atoms with van der Waals surface area (Å²) in [6.07, 6.45) is 3.68. The number of fused-ring (bicyclic) bond motifs is 3. The standard InChI is InChI=1S/C27H33F2N5O4/c1-15(13-32-14-18(12-30-32)24(28)29)25-31-23-20-9-4-16(2)33(27(37)38-3)21(20)10-11-22(23)34(25)19-7-5-17(6-8-19)26(35)36/h10-12,14-17,19,24H,4-9,13H2,1-3H3,(H,35,36)/t15?,16-,17?,19?/m0/s1. The van der Waals surface area contributed by atoms with Crippen molar-refractivity contribution in [3.8, 4) is 0 Å². The van der Waals surface area contributed by atoms with Crippen LogP contribution in [0.4, 0.5) is 19.3 Å². The SMILES string of the molecule is COC(=O)N1c2ccc3c(nc(C(C)Cn4cc(C(F)F)cn4)n3C3CCC(C(=O)O)CC3)c2CC[C@@H]1C. The van der Waals surface area contributed by atoms with Gasteiger partial charge in [0.15, 0.2) is 0 Å². The molecular formula is C27H33F2N5O4. The Morgan fingerprint density at radius 3 is 2.55 bits per heavy atom. The van der Waals surface area contributed by atoms with Crippen molar-refractivity contribution in [2.24, 2.45) is 5.92 Å². The normalized spacial score (nSPS) is 22.5. The minimum atomic E-state index is -2.58. The number of carboxylic acids is 1. The minimum Gasteiger partial charge on any atom is -0.481 e. The molecule has 3 aromatic rings. The van der Waals surface area contributed by atoms with Crippen LogP contribution in [0.15, 0.2) is 24.5 Å². The average Bonchev–Trinajstić information content (AvgIpc) is 3.53. The Labute approximate surface area is 219 Å². The Morgan fingerprint density at radius 2 is 1.92 bits per heavy atom. The number of amides is 1. The largest absolute Gasteiger partial charge is 0.481 e. The van der Waals surface area contributed by atoms with Gasteiger partial charge in [-0.25, -0.2) is 18.6 Å². The highest BCUT2D eigenvalue weighted by Crippen LogP contribution is 2.41. The van der Waals surface area contributed by atoms with E-state index in [2.05, 4.69) is 9.67 Å². The molecular weight excluding hydrogens is 496 g/mol. The van der Waals surface area contributed by atoms with Crippen molar-refractivity contribution in [3.05, 3.63) is 41.5 Å². The van der Waals surface area contributed by atoms with E-state index < -0.39 is 18.5 Å². The first-order chi connectivity index (χ1) is 18.2. The molecule has 9 nitrogen and oxygen atoms in total. The molecule has 0 bridgehead atoms. The van der Waals surface area contributed by atoms with Gasteiger partial charge in [-0.1, -0.05) is 6.92 Å². The molecule has 11 heteroatoms. The Bertz CT molecular complexity index is 1340. The Kier molecular flexibility index (Phi) is 7.11. The lowest BCUT2D eigenvalue weighted by Crippen LogP contribution is -2.42. The Balaban J connectivity index is 1.58. The number of imidazole rings is 1. The highest BCUT2D eigenvalue weighted by molar-refractivity contribution is 5.95. The molecule has 5 rings (SSSR count). The van der Waals surface area contributed by atoms with Crippen LogP contribution in [0.5, 0.6) is 0 Å². The van der Waals surface area contributed by atoms with Gasteiger partial charge in [-0.15, -0.1) is 0 Å². The number of carboxylic acid groups (broad SMARTS) is 1. The van der Waals surface area contributed by atoms with Crippen LogP contribution < -0.4 is 4.90 Å². The monoisotopic (exact) mass is 529 g/mol. The summed E-state index contributed by atoms with van der Waals surface area (Å²) in [6.45, 7) is 4.36. The summed E-state index contributed by atoms with van der Waals surface area (Å²) in [7, 11) is 1.37. The fraction of sp³-hybridized carbons (Fsp3) is 0.556. The van der Waals surface area contributed by atoms with Crippen molar-refractivity contribution in [1.29, 1.82) is 0 Å². The van der Waals surface area contributed by atoms with Crippen LogP contribution in [0, 0.1) is 5.92 Å². The molecule has 1 N–H and O–H groups in total. The lowest BCUT2D eigenvalue weighted by atomic mass is 9.85. The van der Waals surface area contributed by atoms with Gasteiger partial charge in [0.1, 0.15) is 5.82 Å². The van der Waals surface area contributed by atoms with Crippen LogP contribution in [0.25, 0.3) is 11.0 Å². The molecule has 0 spiro atoms. The Hall–Kier alpha value is -3.50. The summed E-state index contributed by atoms with van der Waals surface area (Å²) < 4.78 is 35.1. The van der Waals surface area contributed by atoms with E-state index >= 15 is 0 Å². The predicted octanol–water partition coefficient (Wildman–Crippen LogP) is 5.70. The van der Waals surface area contributed by atoms with E-state index in [0.29, 0.717) is 32.2 Å². The van der Waals surface area contributed by atoms with E-state index in [1.165, 1.54) is 24.2 Å². The number of hydrogen-bond donors (Lipinski definition) is 1. The second-order valence-electron chi connectivity index (χ2n) is 10.5. The number of alkyl halides is 2. The molecule has 3 heterocycles. The third-order valence-corrected chi connectivity index (χ3v) is 8.07. The van der Waals surface area contributed by atoms with Gasteiger partial charge in [0, 0.05) is 29.8 Å². The zero-order valence-electron chi connectivity index (χ0n) is 21.8. The molecule has 1 saturated carbocycles. The van der Waals surface area contributed by atoms with Crippen molar-refractivity contribution < 1.29 is 28.2 Å². The fourth-order valence-electron chi connectivity index (χ4n) is 6.06. The van der Waals surface area contributed by atoms with Crippen LogP contribution in [0.3, 0.4) is 0 Å². The molecule has 1 aromatic carbocycles. The molecule has 2 aromatic heterocycles. The maximum atomic E-state index is 13.1. The summed E-state index contributed by atoms with van der Waals surface area (Å²) in [6, 6.07) is 3.99. The molecule has 0 saturated heterocycles. The number of aromatic nitrogens is 4. The smallest absolute Gasteiger partial charge is 0.414 e. The number of ether oxygens (including phenoxy) is 1. The maximum Gasteiger partial charge on any atom is 0.414 e. The van der Waals surface area contributed by atoms with E-state index in [0.717, 1.165) is 41.0 Å². The second-order valence-corrected chi connectivity index (χ2v) is 10.5. The van der Waals surface area contributed by atoms with Crippen LogP contribution in [-0.2, 0) is 22.5 Å². The second kappa shape index (κ2) is 10.3. The number of aliphatic carboxylic acids is 1. The molecule has 1 fully saturated rings. The summed E-state index contributed by atoms with van der Waals surface area (Å²) in [5, 5.41) is 13.6. The van der Waals surface area contributed by atoms with Crippen molar-refractivity contribution in [2.45, 2.75) is 83.3 Å². The number of nitrogens with zero attached hydrogens (tertiary/aromatic N) is 5. The summed E-state index contributed by atoms with van der Waals surface area (Å²) in [5.74, 6) is -0.446. The van der Waals surface area contributed by atoms with Crippen molar-refractivity contribution in [3.63, 3.8) is 0 Å². The topological polar surface area (TPSA) is 102 Å². The first-order valence-corrected chi connectivity index (χ1v) is 13.1. The van der Waals surface area contributed by atoms with Gasteiger partial charge in [-0.2, -0.15) is 5.10 Å². The number of carbonyl (C=O) groups excluding carboxylic acids is 1. The van der Waals surface area contributed by atoms with Crippen LogP contribution in [0.2, 0.25) is 0 Å². The third-order valence-electron chi connectivity index (χ3n) is 8.07. The molecule has 1 aliphatic carbocycles. The van der Waals surface area contributed by atoms with Gasteiger partial charge in [0.05, 0.1) is 48.1 Å². The van der Waals surface area contributed by atoms with Gasteiger partial charge in [-0.3, -0.25) is 14.4 Å². The molecule has 0 radical (unpaired) electrons. The number of anilines is 1. The van der Waals surface area contributed by atoms with Crippen LogP contribution in [0.1, 0.15) is 81.3 Å². The molecule has 1 aliphatic heterocycles. The number of carbonyl (C=O) groups is 2. The quantitative estimate of drug-likeness (QED) is 0.440. The zero-order valence-corrected chi connectivity index (χ0v) is 21.8. The van der Waals surface area contributed by atoms with Gasteiger partial charge >= 0.3 is 12.1 Å². The summed E-state index contributed by atoms with van der Waals surface area (Å²) in [4.78, 5) is 31.0. The number of aryl methyl sites for hydroxylation is 1. The van der Waals surface area contributed by atoms with Crippen LogP contribution in [-0.4, -0.2) is 49.7 Å². The highest BCUT2D eigenvalue weighted by Gasteiger charge is 2.34. The number of halogens is 2. The van der Waals surface area contributed by atoms with E-state index in [1.807, 2.05) is 26.0 Å².